The van der Waals surface area contributed by atoms with Gasteiger partial charge in [-0.15, -0.1) is 0 Å². The Morgan fingerprint density at radius 3 is 2.90 bits per heavy atom. The van der Waals surface area contributed by atoms with Gasteiger partial charge in [0.25, 0.3) is 0 Å². The first-order valence-electron chi connectivity index (χ1n) is 7.72. The fraction of sp³-hybridized carbons (Fsp3) is 0.750. The van der Waals surface area contributed by atoms with Crippen LogP contribution in [0.3, 0.4) is 0 Å². The second kappa shape index (κ2) is 5.23. The number of carbonyl (C=O) groups excluding carboxylic acids is 2. The number of allylic oxidation sites excluding steroid dienone is 1. The second-order valence-corrected chi connectivity index (χ2v) is 6.15. The van der Waals surface area contributed by atoms with E-state index in [1.54, 1.807) is 0 Å². The molecule has 0 amide bonds. The molecule has 0 aromatic rings. The van der Waals surface area contributed by atoms with Gasteiger partial charge in [-0.1, -0.05) is 18.9 Å². The lowest BCUT2D eigenvalue weighted by molar-refractivity contribution is -0.155. The van der Waals surface area contributed by atoms with Gasteiger partial charge in [-0.25, -0.2) is 4.79 Å². The van der Waals surface area contributed by atoms with Gasteiger partial charge in [-0.3, -0.25) is 4.79 Å². The van der Waals surface area contributed by atoms with E-state index in [4.69, 9.17) is 9.47 Å². The number of esters is 2. The fourth-order valence-corrected chi connectivity index (χ4v) is 4.26. The van der Waals surface area contributed by atoms with Gasteiger partial charge in [-0.2, -0.15) is 0 Å². The van der Waals surface area contributed by atoms with Crippen molar-refractivity contribution in [2.75, 3.05) is 6.61 Å². The third kappa shape index (κ3) is 2.05. The summed E-state index contributed by atoms with van der Waals surface area (Å²) in [7, 11) is 0. The molecular formula is C16H22O4. The van der Waals surface area contributed by atoms with Crippen molar-refractivity contribution in [2.45, 2.75) is 45.6 Å². The van der Waals surface area contributed by atoms with E-state index in [0.717, 1.165) is 24.8 Å². The van der Waals surface area contributed by atoms with Crippen molar-refractivity contribution in [1.29, 1.82) is 0 Å². The van der Waals surface area contributed by atoms with E-state index in [1.807, 2.05) is 13.8 Å². The normalized spacial score (nSPS) is 39.4. The smallest absolute Gasteiger partial charge is 0.334 e. The minimum Gasteiger partial charge on any atom is -0.466 e. The number of ether oxygens (including phenoxy) is 2. The van der Waals surface area contributed by atoms with Crippen molar-refractivity contribution in [2.24, 2.45) is 23.7 Å². The molecule has 20 heavy (non-hydrogen) atoms. The summed E-state index contributed by atoms with van der Waals surface area (Å²) in [4.78, 5) is 24.4. The molecule has 3 aliphatic rings. The molecule has 0 aromatic heterocycles. The molecule has 110 valence electrons. The highest BCUT2D eigenvalue weighted by molar-refractivity contribution is 5.93. The van der Waals surface area contributed by atoms with Crippen molar-refractivity contribution in [3.8, 4) is 0 Å². The first-order chi connectivity index (χ1) is 9.63. The number of rotatable bonds is 2. The molecule has 2 fully saturated rings. The molecule has 0 N–H and O–H groups in total. The van der Waals surface area contributed by atoms with Crippen molar-refractivity contribution in [1.82, 2.24) is 0 Å². The van der Waals surface area contributed by atoms with E-state index >= 15 is 0 Å². The van der Waals surface area contributed by atoms with Gasteiger partial charge in [0.1, 0.15) is 6.10 Å². The molecule has 0 radical (unpaired) electrons. The minimum absolute atomic E-state index is 0.110. The molecule has 1 aliphatic heterocycles. The Balaban J connectivity index is 1.98. The van der Waals surface area contributed by atoms with Crippen LogP contribution in [0.5, 0.6) is 0 Å². The van der Waals surface area contributed by atoms with E-state index in [1.165, 1.54) is 6.42 Å². The van der Waals surface area contributed by atoms with Crippen LogP contribution in [0.2, 0.25) is 0 Å². The third-order valence-corrected chi connectivity index (χ3v) is 5.07. The van der Waals surface area contributed by atoms with Gasteiger partial charge in [0.2, 0.25) is 0 Å². The summed E-state index contributed by atoms with van der Waals surface area (Å²) in [5.41, 5.74) is 0.721. The van der Waals surface area contributed by atoms with Gasteiger partial charge in [-0.05, 0) is 38.5 Å². The van der Waals surface area contributed by atoms with Crippen LogP contribution in [0.25, 0.3) is 0 Å². The molecule has 3 rings (SSSR count). The number of fused-ring (bicyclic) bond motifs is 2. The Bertz CT molecular complexity index is 453. The van der Waals surface area contributed by atoms with E-state index < -0.39 is 0 Å². The number of hydrogen-bond acceptors (Lipinski definition) is 4. The highest BCUT2D eigenvalue weighted by Crippen LogP contribution is 2.50. The highest BCUT2D eigenvalue weighted by Gasteiger charge is 2.53. The van der Waals surface area contributed by atoms with Crippen LogP contribution in [0.15, 0.2) is 11.6 Å². The summed E-state index contributed by atoms with van der Waals surface area (Å²) < 4.78 is 10.6. The zero-order valence-electron chi connectivity index (χ0n) is 12.1. The van der Waals surface area contributed by atoms with Gasteiger partial charge >= 0.3 is 11.9 Å². The average Bonchev–Trinajstić information content (AvgIpc) is 2.71. The predicted octanol–water partition coefficient (Wildman–Crippen LogP) is 2.47. The fourth-order valence-electron chi connectivity index (χ4n) is 4.26. The zero-order valence-corrected chi connectivity index (χ0v) is 12.1. The lowest BCUT2D eigenvalue weighted by Gasteiger charge is -2.41. The topological polar surface area (TPSA) is 52.6 Å². The molecule has 0 spiro atoms. The Morgan fingerprint density at radius 1 is 1.40 bits per heavy atom. The van der Waals surface area contributed by atoms with Crippen LogP contribution in [0, 0.1) is 23.7 Å². The Hall–Kier alpha value is -1.32. The summed E-state index contributed by atoms with van der Waals surface area (Å²) in [6, 6.07) is 0. The van der Waals surface area contributed by atoms with Crippen LogP contribution in [-0.4, -0.2) is 24.6 Å². The summed E-state index contributed by atoms with van der Waals surface area (Å²) in [6.07, 6.45) is 6.33. The summed E-state index contributed by atoms with van der Waals surface area (Å²) in [6.45, 7) is 4.11. The second-order valence-electron chi connectivity index (χ2n) is 6.15. The first-order valence-corrected chi connectivity index (χ1v) is 7.72. The maximum atomic E-state index is 12.4. The standard InChI is InChI=1S/C16H22O4/c1-3-19-16(18)14-11-7-5-4-6-10(11)8-12-13(14)9(2)20-15(12)17/h8-11,13-14H,3-7H2,1-2H3/t9-,10+,11-,13-,14+/m0/s1. The van der Waals surface area contributed by atoms with Crippen LogP contribution in [-0.2, 0) is 19.1 Å². The maximum absolute atomic E-state index is 12.4. The van der Waals surface area contributed by atoms with Crippen LogP contribution in [0.1, 0.15) is 39.5 Å². The number of cyclic esters (lactones) is 1. The van der Waals surface area contributed by atoms with Crippen LogP contribution in [0.4, 0.5) is 0 Å². The van der Waals surface area contributed by atoms with Gasteiger partial charge in [0.15, 0.2) is 0 Å². The number of hydrogen-bond donors (Lipinski definition) is 0. The first kappa shape index (κ1) is 13.7. The zero-order chi connectivity index (χ0) is 14.3. The lowest BCUT2D eigenvalue weighted by atomic mass is 9.62. The molecule has 4 heteroatoms. The van der Waals surface area contributed by atoms with E-state index in [-0.39, 0.29) is 29.9 Å². The molecule has 5 atom stereocenters. The molecule has 0 unspecified atom stereocenters. The molecule has 0 bridgehead atoms. The Morgan fingerprint density at radius 2 is 2.15 bits per heavy atom. The average molecular weight is 278 g/mol. The van der Waals surface area contributed by atoms with Crippen molar-refractivity contribution in [3.63, 3.8) is 0 Å². The van der Waals surface area contributed by atoms with Gasteiger partial charge in [0, 0.05) is 11.5 Å². The third-order valence-electron chi connectivity index (χ3n) is 5.07. The van der Waals surface area contributed by atoms with Crippen molar-refractivity contribution in [3.05, 3.63) is 11.6 Å². The molecule has 1 heterocycles. The summed E-state index contributed by atoms with van der Waals surface area (Å²) >= 11 is 0. The van der Waals surface area contributed by atoms with E-state index in [0.29, 0.717) is 18.4 Å². The molecule has 4 nitrogen and oxygen atoms in total. The van der Waals surface area contributed by atoms with Crippen molar-refractivity contribution >= 4 is 11.9 Å². The van der Waals surface area contributed by atoms with Crippen LogP contribution < -0.4 is 0 Å². The van der Waals surface area contributed by atoms with Gasteiger partial charge < -0.3 is 9.47 Å². The Kier molecular flexibility index (Phi) is 3.57. The number of carbonyl (C=O) groups is 2. The molecule has 1 saturated heterocycles. The van der Waals surface area contributed by atoms with Gasteiger partial charge in [0.05, 0.1) is 12.5 Å². The highest BCUT2D eigenvalue weighted by atomic mass is 16.6. The molecule has 0 aromatic carbocycles. The predicted molar refractivity (Wildman–Crippen MR) is 72.7 cm³/mol. The van der Waals surface area contributed by atoms with E-state index in [2.05, 4.69) is 6.08 Å². The van der Waals surface area contributed by atoms with Crippen LogP contribution >= 0.6 is 0 Å². The summed E-state index contributed by atoms with van der Waals surface area (Å²) in [5.74, 6) is -0.0515. The lowest BCUT2D eigenvalue weighted by Crippen LogP contribution is -2.43. The monoisotopic (exact) mass is 278 g/mol. The quantitative estimate of drug-likeness (QED) is 0.728. The molecule has 2 aliphatic carbocycles. The molecule has 1 saturated carbocycles. The maximum Gasteiger partial charge on any atom is 0.334 e. The Labute approximate surface area is 119 Å². The largest absolute Gasteiger partial charge is 0.466 e. The van der Waals surface area contributed by atoms with Crippen molar-refractivity contribution < 1.29 is 19.1 Å². The SMILES string of the molecule is CCOC(=O)[C@@H]1[C@H]2CCCC[C@@H]2C=C2C(=O)O[C@@H](C)[C@@H]21. The summed E-state index contributed by atoms with van der Waals surface area (Å²) in [5, 5.41) is 0. The minimum atomic E-state index is -0.235. The van der Waals surface area contributed by atoms with E-state index in [9.17, 15) is 9.59 Å². The molecular weight excluding hydrogens is 256 g/mol.